The fourth-order valence-electron chi connectivity index (χ4n) is 4.30. The van der Waals surface area contributed by atoms with Crippen molar-refractivity contribution in [3.05, 3.63) is 51.4 Å². The Balaban J connectivity index is 1.52. The highest BCUT2D eigenvalue weighted by Gasteiger charge is 2.21. The van der Waals surface area contributed by atoms with Crippen LogP contribution in [0.1, 0.15) is 62.8 Å². The van der Waals surface area contributed by atoms with Gasteiger partial charge in [0.05, 0.1) is 23.7 Å². The molecule has 0 atom stereocenters. The van der Waals surface area contributed by atoms with Crippen LogP contribution in [0.5, 0.6) is 0 Å². The van der Waals surface area contributed by atoms with E-state index in [2.05, 4.69) is 22.5 Å². The first kappa shape index (κ1) is 18.5. The van der Waals surface area contributed by atoms with E-state index < -0.39 is 0 Å². The molecule has 144 valence electrons. The molecule has 0 bridgehead atoms. The van der Waals surface area contributed by atoms with E-state index in [4.69, 9.17) is 11.6 Å². The van der Waals surface area contributed by atoms with Gasteiger partial charge in [0.15, 0.2) is 0 Å². The first-order valence-electron chi connectivity index (χ1n) is 9.94. The van der Waals surface area contributed by atoms with Crippen molar-refractivity contribution in [3.63, 3.8) is 0 Å². The Morgan fingerprint density at radius 3 is 2.37 bits per heavy atom. The van der Waals surface area contributed by atoms with Crippen molar-refractivity contribution in [3.8, 4) is 5.69 Å². The summed E-state index contributed by atoms with van der Waals surface area (Å²) in [6.45, 7) is 0. The summed E-state index contributed by atoms with van der Waals surface area (Å²) in [5.74, 6) is 0.646. The standard InChI is InChI=1S/C21H26ClN3O2/c22-20-19(24-16-7-11-18(26)12-8-16)13-23-25(21(20)27)17-9-5-15(6-10-17)14-3-1-2-4-14/h5-6,9-10,13-14,16,18,24,26H,1-4,7-8,11-12H2/t16-,18-. The zero-order valence-corrected chi connectivity index (χ0v) is 16.2. The van der Waals surface area contributed by atoms with Crippen molar-refractivity contribution >= 4 is 17.3 Å². The Bertz CT molecular complexity index is 835. The Morgan fingerprint density at radius 1 is 1.04 bits per heavy atom. The number of nitrogens with zero attached hydrogens (tertiary/aromatic N) is 2. The highest BCUT2D eigenvalue weighted by molar-refractivity contribution is 6.32. The molecule has 2 saturated carbocycles. The minimum absolute atomic E-state index is 0.163. The maximum Gasteiger partial charge on any atom is 0.292 e. The second kappa shape index (κ2) is 8.03. The van der Waals surface area contributed by atoms with E-state index in [1.54, 1.807) is 6.20 Å². The molecule has 5 nitrogen and oxygen atoms in total. The average molecular weight is 388 g/mol. The third-order valence-electron chi connectivity index (χ3n) is 5.94. The largest absolute Gasteiger partial charge is 0.393 e. The van der Waals surface area contributed by atoms with Crippen LogP contribution in [0.3, 0.4) is 0 Å². The van der Waals surface area contributed by atoms with Gasteiger partial charge in [0.1, 0.15) is 5.02 Å². The van der Waals surface area contributed by atoms with Crippen LogP contribution in [-0.4, -0.2) is 27.0 Å². The van der Waals surface area contributed by atoms with Crippen LogP contribution in [0.4, 0.5) is 5.69 Å². The summed E-state index contributed by atoms with van der Waals surface area (Å²) in [5.41, 5.74) is 2.33. The zero-order valence-electron chi connectivity index (χ0n) is 15.4. The fraction of sp³-hybridized carbons (Fsp3) is 0.524. The lowest BCUT2D eigenvalue weighted by atomic mass is 9.93. The zero-order chi connectivity index (χ0) is 18.8. The number of benzene rings is 1. The Kier molecular flexibility index (Phi) is 5.50. The molecule has 0 radical (unpaired) electrons. The smallest absolute Gasteiger partial charge is 0.292 e. The highest BCUT2D eigenvalue weighted by atomic mass is 35.5. The molecule has 0 spiro atoms. The summed E-state index contributed by atoms with van der Waals surface area (Å²) >= 11 is 6.35. The van der Waals surface area contributed by atoms with E-state index in [9.17, 15) is 9.90 Å². The van der Waals surface area contributed by atoms with Crippen molar-refractivity contribution in [2.45, 2.75) is 69.4 Å². The number of hydrogen-bond donors (Lipinski definition) is 2. The predicted molar refractivity (Wildman–Crippen MR) is 108 cm³/mol. The van der Waals surface area contributed by atoms with Crippen molar-refractivity contribution in [1.82, 2.24) is 9.78 Å². The normalized spacial score (nSPS) is 23.5. The minimum atomic E-state index is -0.314. The Hall–Kier alpha value is -1.85. The van der Waals surface area contributed by atoms with E-state index >= 15 is 0 Å². The molecule has 0 unspecified atom stereocenters. The third-order valence-corrected chi connectivity index (χ3v) is 6.30. The van der Waals surface area contributed by atoms with Crippen molar-refractivity contribution in [2.24, 2.45) is 0 Å². The van der Waals surface area contributed by atoms with Crippen LogP contribution in [0.15, 0.2) is 35.3 Å². The van der Waals surface area contributed by atoms with Gasteiger partial charge >= 0.3 is 0 Å². The predicted octanol–water partition coefficient (Wildman–Crippen LogP) is 4.26. The second-order valence-electron chi connectivity index (χ2n) is 7.81. The molecule has 2 aliphatic rings. The van der Waals surface area contributed by atoms with Crippen LogP contribution in [0.2, 0.25) is 5.02 Å². The van der Waals surface area contributed by atoms with Gasteiger partial charge in [-0.15, -0.1) is 0 Å². The van der Waals surface area contributed by atoms with Gasteiger partial charge in [-0.05, 0) is 62.1 Å². The molecule has 0 amide bonds. The maximum atomic E-state index is 12.7. The van der Waals surface area contributed by atoms with Gasteiger partial charge in [-0.2, -0.15) is 9.78 Å². The highest BCUT2D eigenvalue weighted by Crippen LogP contribution is 2.34. The summed E-state index contributed by atoms with van der Waals surface area (Å²) in [7, 11) is 0. The second-order valence-corrected chi connectivity index (χ2v) is 8.19. The first-order chi connectivity index (χ1) is 13.1. The van der Waals surface area contributed by atoms with Gasteiger partial charge in [-0.3, -0.25) is 4.79 Å². The summed E-state index contributed by atoms with van der Waals surface area (Å²) < 4.78 is 1.36. The molecule has 0 saturated heterocycles. The van der Waals surface area contributed by atoms with Gasteiger partial charge in [0, 0.05) is 6.04 Å². The average Bonchev–Trinajstić information content (AvgIpc) is 3.22. The molecule has 1 aromatic heterocycles. The van der Waals surface area contributed by atoms with Crippen molar-refractivity contribution in [1.29, 1.82) is 0 Å². The Morgan fingerprint density at radius 2 is 1.70 bits per heavy atom. The van der Waals surface area contributed by atoms with Crippen LogP contribution in [-0.2, 0) is 0 Å². The van der Waals surface area contributed by atoms with Gasteiger partial charge < -0.3 is 10.4 Å². The number of rotatable bonds is 4. The van der Waals surface area contributed by atoms with E-state index in [1.165, 1.54) is 35.9 Å². The number of aromatic nitrogens is 2. The fourth-order valence-corrected chi connectivity index (χ4v) is 4.49. The molecule has 4 rings (SSSR count). The summed E-state index contributed by atoms with van der Waals surface area (Å²) in [5, 5.41) is 17.4. The van der Waals surface area contributed by atoms with Gasteiger partial charge in [0.2, 0.25) is 0 Å². The lowest BCUT2D eigenvalue weighted by Gasteiger charge is -2.27. The summed E-state index contributed by atoms with van der Waals surface area (Å²) in [6, 6.07) is 8.33. The number of anilines is 1. The SMILES string of the molecule is O=c1c(Cl)c(N[C@H]2CC[C@H](O)CC2)cnn1-c1ccc(C2CCCC2)cc1. The van der Waals surface area contributed by atoms with Crippen LogP contribution >= 0.6 is 11.6 Å². The van der Waals surface area contributed by atoms with E-state index in [-0.39, 0.29) is 22.7 Å². The maximum absolute atomic E-state index is 12.7. The number of aliphatic hydroxyl groups excluding tert-OH is 1. The molecule has 0 aliphatic heterocycles. The molecular weight excluding hydrogens is 362 g/mol. The number of aliphatic hydroxyl groups is 1. The Labute approximate surface area is 164 Å². The number of halogens is 1. The molecule has 1 aromatic carbocycles. The minimum Gasteiger partial charge on any atom is -0.393 e. The van der Waals surface area contributed by atoms with Crippen molar-refractivity contribution < 1.29 is 5.11 Å². The molecule has 27 heavy (non-hydrogen) atoms. The third kappa shape index (κ3) is 4.04. The molecule has 2 aromatic rings. The van der Waals surface area contributed by atoms with Crippen molar-refractivity contribution in [2.75, 3.05) is 5.32 Å². The number of hydrogen-bond acceptors (Lipinski definition) is 4. The van der Waals surface area contributed by atoms with E-state index in [0.29, 0.717) is 11.6 Å². The lowest BCUT2D eigenvalue weighted by molar-refractivity contribution is 0.126. The molecule has 2 aliphatic carbocycles. The number of nitrogens with one attached hydrogen (secondary N) is 1. The monoisotopic (exact) mass is 387 g/mol. The van der Waals surface area contributed by atoms with Crippen LogP contribution < -0.4 is 10.9 Å². The molecule has 1 heterocycles. The van der Waals surface area contributed by atoms with Gasteiger partial charge in [0.25, 0.3) is 5.56 Å². The quantitative estimate of drug-likeness (QED) is 0.822. The lowest BCUT2D eigenvalue weighted by Crippen LogP contribution is -2.30. The van der Waals surface area contributed by atoms with E-state index in [1.807, 2.05) is 12.1 Å². The van der Waals surface area contributed by atoms with E-state index in [0.717, 1.165) is 31.4 Å². The molecule has 2 fully saturated rings. The first-order valence-corrected chi connectivity index (χ1v) is 10.3. The van der Waals surface area contributed by atoms with Gasteiger partial charge in [-0.1, -0.05) is 36.6 Å². The molecule has 2 N–H and O–H groups in total. The summed E-state index contributed by atoms with van der Waals surface area (Å²) in [4.78, 5) is 12.7. The van der Waals surface area contributed by atoms with Gasteiger partial charge in [-0.25, -0.2) is 0 Å². The van der Waals surface area contributed by atoms with Crippen LogP contribution in [0, 0.1) is 0 Å². The molecule has 6 heteroatoms. The van der Waals surface area contributed by atoms with Crippen LogP contribution in [0.25, 0.3) is 5.69 Å². The molecular formula is C21H26ClN3O2. The topological polar surface area (TPSA) is 67.2 Å². The summed E-state index contributed by atoms with van der Waals surface area (Å²) in [6.07, 6.45) is 9.79.